The normalized spacial score (nSPS) is 14.3. The van der Waals surface area contributed by atoms with Gasteiger partial charge in [0.15, 0.2) is 0 Å². The second kappa shape index (κ2) is 10.1. The van der Waals surface area contributed by atoms with Crippen LogP contribution in [0.3, 0.4) is 0 Å². The summed E-state index contributed by atoms with van der Waals surface area (Å²) in [5, 5.41) is 6.84. The third kappa shape index (κ3) is 5.56. The van der Waals surface area contributed by atoms with Gasteiger partial charge in [-0.05, 0) is 50.8 Å². The third-order valence-electron chi connectivity index (χ3n) is 5.78. The molecule has 0 spiro atoms. The highest BCUT2D eigenvalue weighted by atomic mass is 16.5. The first-order chi connectivity index (χ1) is 14.8. The number of rotatable bonds is 10. The Balaban J connectivity index is 1.83. The van der Waals surface area contributed by atoms with Crippen molar-refractivity contribution in [3.05, 3.63) is 47.7 Å². The predicted molar refractivity (Wildman–Crippen MR) is 130 cm³/mol. The van der Waals surface area contributed by atoms with Gasteiger partial charge in [0, 0.05) is 30.4 Å². The minimum absolute atomic E-state index is 0.258. The Morgan fingerprint density at radius 1 is 1.10 bits per heavy atom. The van der Waals surface area contributed by atoms with Crippen LogP contribution < -0.4 is 10.6 Å². The lowest BCUT2D eigenvalue weighted by molar-refractivity contribution is 0.0712. The lowest BCUT2D eigenvalue weighted by Gasteiger charge is -2.23. The summed E-state index contributed by atoms with van der Waals surface area (Å²) in [4.78, 5) is 11.9. The first kappa shape index (κ1) is 23.1. The van der Waals surface area contributed by atoms with E-state index in [1.54, 1.807) is 0 Å². The summed E-state index contributed by atoms with van der Waals surface area (Å²) in [6.07, 6.45) is 1.26. The van der Waals surface area contributed by atoms with Crippen molar-refractivity contribution in [2.75, 3.05) is 23.8 Å². The van der Waals surface area contributed by atoms with Crippen LogP contribution in [0.25, 0.3) is 5.70 Å². The van der Waals surface area contributed by atoms with Crippen LogP contribution in [-0.4, -0.2) is 40.2 Å². The number of nitrogens with one attached hydrogen (secondary N) is 2. The van der Waals surface area contributed by atoms with E-state index < -0.39 is 0 Å². The maximum atomic E-state index is 5.77. The average Bonchev–Trinajstić information content (AvgIpc) is 3.08. The predicted octanol–water partition coefficient (Wildman–Crippen LogP) is 5.77. The fourth-order valence-corrected chi connectivity index (χ4v) is 3.58. The van der Waals surface area contributed by atoms with Crippen molar-refractivity contribution in [2.24, 2.45) is 0 Å². The minimum Gasteiger partial charge on any atom is -0.377 e. The molecule has 1 atom stereocenters. The lowest BCUT2D eigenvalue weighted by Crippen LogP contribution is -2.23. The van der Waals surface area contributed by atoms with Crippen molar-refractivity contribution < 1.29 is 4.74 Å². The molecule has 0 bridgehead atoms. The summed E-state index contributed by atoms with van der Waals surface area (Å²) in [5.41, 5.74) is 5.29. The van der Waals surface area contributed by atoms with Crippen LogP contribution in [0.15, 0.2) is 30.8 Å². The van der Waals surface area contributed by atoms with Crippen molar-refractivity contribution in [3.63, 3.8) is 0 Å². The Kier molecular flexibility index (Phi) is 7.55. The van der Waals surface area contributed by atoms with Crippen molar-refractivity contribution in [1.82, 2.24) is 14.9 Å². The third-order valence-corrected chi connectivity index (χ3v) is 5.78. The molecule has 0 unspecified atom stereocenters. The van der Waals surface area contributed by atoms with Gasteiger partial charge >= 0.3 is 0 Å². The molecule has 31 heavy (non-hydrogen) atoms. The SMILES string of the molecule is C=C1c2nc(NCCO[C@@H](C)CC)nc(Nc3ccc(C(C)C)cc3)c2CN1C(C)C. The van der Waals surface area contributed by atoms with E-state index in [0.29, 0.717) is 31.1 Å². The highest BCUT2D eigenvalue weighted by Crippen LogP contribution is 2.37. The molecule has 168 valence electrons. The van der Waals surface area contributed by atoms with E-state index >= 15 is 0 Å². The van der Waals surface area contributed by atoms with Crippen LogP contribution in [0.4, 0.5) is 17.5 Å². The Morgan fingerprint density at radius 3 is 2.42 bits per heavy atom. The van der Waals surface area contributed by atoms with Crippen LogP contribution in [-0.2, 0) is 11.3 Å². The number of nitrogens with zero attached hydrogens (tertiary/aromatic N) is 3. The Labute approximate surface area is 187 Å². The van der Waals surface area contributed by atoms with Crippen molar-refractivity contribution in [3.8, 4) is 0 Å². The molecule has 1 aromatic heterocycles. The molecule has 0 fully saturated rings. The van der Waals surface area contributed by atoms with Gasteiger partial charge in [0.05, 0.1) is 24.1 Å². The van der Waals surface area contributed by atoms with Crippen molar-refractivity contribution in [1.29, 1.82) is 0 Å². The highest BCUT2D eigenvalue weighted by Gasteiger charge is 2.29. The van der Waals surface area contributed by atoms with Crippen LogP contribution >= 0.6 is 0 Å². The van der Waals surface area contributed by atoms with Crippen LogP contribution in [0.2, 0.25) is 0 Å². The molecule has 6 heteroatoms. The summed E-state index contributed by atoms with van der Waals surface area (Å²) in [6, 6.07) is 8.90. The number of benzene rings is 1. The molecule has 0 radical (unpaired) electrons. The van der Waals surface area contributed by atoms with Gasteiger partial charge < -0.3 is 20.3 Å². The molecule has 2 N–H and O–H groups in total. The molecule has 0 saturated heterocycles. The monoisotopic (exact) mass is 423 g/mol. The molecular weight excluding hydrogens is 386 g/mol. The standard InChI is InChI=1S/C25H37N5O/c1-8-18(6)31-14-13-26-25-28-23-19(7)30(17(4)5)15-22(23)24(29-25)27-21-11-9-20(10-12-21)16(2)3/h9-12,16-18H,7-8,13-15H2,1-6H3,(H2,26,27,28,29)/t18-/m0/s1. The molecule has 0 saturated carbocycles. The minimum atomic E-state index is 0.258. The number of ether oxygens (including phenoxy) is 1. The number of hydrogen-bond donors (Lipinski definition) is 2. The first-order valence-corrected chi connectivity index (χ1v) is 11.4. The Bertz CT molecular complexity index is 892. The summed E-state index contributed by atoms with van der Waals surface area (Å²) in [5.74, 6) is 1.94. The molecule has 3 rings (SSSR count). The summed E-state index contributed by atoms with van der Waals surface area (Å²) in [6.45, 7) is 19.3. The van der Waals surface area contributed by atoms with E-state index in [-0.39, 0.29) is 6.10 Å². The Morgan fingerprint density at radius 2 is 1.81 bits per heavy atom. The zero-order chi connectivity index (χ0) is 22.5. The van der Waals surface area contributed by atoms with Gasteiger partial charge in [0.2, 0.25) is 5.95 Å². The van der Waals surface area contributed by atoms with Gasteiger partial charge in [0.25, 0.3) is 0 Å². The van der Waals surface area contributed by atoms with E-state index in [0.717, 1.165) is 41.4 Å². The van der Waals surface area contributed by atoms with Gasteiger partial charge in [-0.3, -0.25) is 0 Å². The molecule has 1 aliphatic rings. The van der Waals surface area contributed by atoms with E-state index in [2.05, 4.69) is 87.9 Å². The van der Waals surface area contributed by atoms with E-state index in [1.807, 2.05) is 0 Å². The first-order valence-electron chi connectivity index (χ1n) is 11.4. The number of fused-ring (bicyclic) bond motifs is 1. The molecule has 1 aliphatic heterocycles. The quantitative estimate of drug-likeness (QED) is 0.473. The maximum absolute atomic E-state index is 5.77. The number of hydrogen-bond acceptors (Lipinski definition) is 6. The maximum Gasteiger partial charge on any atom is 0.225 e. The smallest absolute Gasteiger partial charge is 0.225 e. The number of anilines is 3. The van der Waals surface area contributed by atoms with E-state index in [4.69, 9.17) is 14.7 Å². The highest BCUT2D eigenvalue weighted by molar-refractivity contribution is 5.74. The Hall–Kier alpha value is -2.60. The van der Waals surface area contributed by atoms with Gasteiger partial charge in [0.1, 0.15) is 5.82 Å². The fraction of sp³-hybridized carbons (Fsp3) is 0.520. The lowest BCUT2D eigenvalue weighted by atomic mass is 10.0. The number of aromatic nitrogens is 2. The van der Waals surface area contributed by atoms with Gasteiger partial charge in [-0.15, -0.1) is 0 Å². The summed E-state index contributed by atoms with van der Waals surface area (Å²) < 4.78 is 5.77. The van der Waals surface area contributed by atoms with E-state index in [1.165, 1.54) is 5.56 Å². The second-order valence-electron chi connectivity index (χ2n) is 8.81. The molecule has 0 aliphatic carbocycles. The molecule has 1 aromatic carbocycles. The zero-order valence-electron chi connectivity index (χ0n) is 19.8. The van der Waals surface area contributed by atoms with Crippen molar-refractivity contribution >= 4 is 23.2 Å². The van der Waals surface area contributed by atoms with Crippen LogP contribution in [0, 0.1) is 0 Å². The van der Waals surface area contributed by atoms with Crippen LogP contribution in [0.5, 0.6) is 0 Å². The van der Waals surface area contributed by atoms with Gasteiger partial charge in [-0.2, -0.15) is 4.98 Å². The van der Waals surface area contributed by atoms with Gasteiger partial charge in [-0.25, -0.2) is 4.98 Å². The largest absolute Gasteiger partial charge is 0.377 e. The molecular formula is C25H37N5O. The zero-order valence-corrected chi connectivity index (χ0v) is 19.8. The van der Waals surface area contributed by atoms with Gasteiger partial charge in [-0.1, -0.05) is 39.5 Å². The molecule has 6 nitrogen and oxygen atoms in total. The molecule has 0 amide bonds. The second-order valence-corrected chi connectivity index (χ2v) is 8.81. The van der Waals surface area contributed by atoms with Crippen molar-refractivity contribution in [2.45, 2.75) is 72.6 Å². The molecule has 2 heterocycles. The fourth-order valence-electron chi connectivity index (χ4n) is 3.58. The topological polar surface area (TPSA) is 62.3 Å². The van der Waals surface area contributed by atoms with Crippen LogP contribution in [0.1, 0.15) is 70.7 Å². The molecule has 2 aromatic rings. The summed E-state index contributed by atoms with van der Waals surface area (Å²) >= 11 is 0. The van der Waals surface area contributed by atoms with E-state index in [9.17, 15) is 0 Å². The summed E-state index contributed by atoms with van der Waals surface area (Å²) in [7, 11) is 0. The average molecular weight is 424 g/mol.